The van der Waals surface area contributed by atoms with Crippen molar-refractivity contribution in [3.05, 3.63) is 64.7 Å². The van der Waals surface area contributed by atoms with E-state index in [1.165, 1.54) is 16.7 Å². The molecule has 1 heterocycles. The summed E-state index contributed by atoms with van der Waals surface area (Å²) < 4.78 is 5.49. The summed E-state index contributed by atoms with van der Waals surface area (Å²) in [5.74, 6) is 1.49. The van der Waals surface area contributed by atoms with Crippen LogP contribution in [0.3, 0.4) is 0 Å². The van der Waals surface area contributed by atoms with Crippen molar-refractivity contribution in [2.75, 3.05) is 13.7 Å². The van der Waals surface area contributed by atoms with Crippen LogP contribution in [-0.4, -0.2) is 24.5 Å². The molecule has 2 aliphatic rings. The van der Waals surface area contributed by atoms with E-state index in [2.05, 4.69) is 52.7 Å². The molecule has 0 aromatic heterocycles. The van der Waals surface area contributed by atoms with E-state index in [4.69, 9.17) is 4.74 Å². The van der Waals surface area contributed by atoms with Crippen molar-refractivity contribution in [1.29, 1.82) is 0 Å². The summed E-state index contributed by atoms with van der Waals surface area (Å²) in [6, 6.07) is 14.9. The van der Waals surface area contributed by atoms with Gasteiger partial charge in [0.2, 0.25) is 5.91 Å². The molecule has 1 aliphatic carbocycles. The van der Waals surface area contributed by atoms with Gasteiger partial charge >= 0.3 is 0 Å². The monoisotopic (exact) mass is 350 g/mol. The molecule has 0 unspecified atom stereocenters. The quantitative estimate of drug-likeness (QED) is 0.869. The van der Waals surface area contributed by atoms with Crippen LogP contribution in [0.15, 0.2) is 42.5 Å². The smallest absolute Gasteiger partial charge is 0.223 e. The second-order valence-electron chi connectivity index (χ2n) is 7.37. The van der Waals surface area contributed by atoms with Crippen molar-refractivity contribution in [3.8, 4) is 5.75 Å². The molecule has 0 radical (unpaired) electrons. The number of amides is 1. The van der Waals surface area contributed by atoms with Crippen LogP contribution in [0.1, 0.15) is 35.1 Å². The third kappa shape index (κ3) is 3.91. The average Bonchev–Trinajstić information content (AvgIpc) is 3.52. The Morgan fingerprint density at radius 1 is 1.15 bits per heavy atom. The maximum absolute atomic E-state index is 11.7. The summed E-state index contributed by atoms with van der Waals surface area (Å²) in [5.41, 5.74) is 5.20. The molecule has 1 saturated carbocycles. The minimum atomic E-state index is 0.205. The molecule has 4 nitrogen and oxygen atoms in total. The summed E-state index contributed by atoms with van der Waals surface area (Å²) in [5, 5.41) is 3.02. The molecular formula is C22H26N2O2. The van der Waals surface area contributed by atoms with Gasteiger partial charge in [-0.3, -0.25) is 9.69 Å². The molecule has 4 heteroatoms. The molecule has 1 aliphatic heterocycles. The number of benzene rings is 2. The van der Waals surface area contributed by atoms with Gasteiger partial charge in [0.1, 0.15) is 5.75 Å². The molecule has 0 saturated heterocycles. The number of nitrogens with one attached hydrogen (secondary N) is 1. The molecule has 1 amide bonds. The first-order valence-electron chi connectivity index (χ1n) is 9.45. The lowest BCUT2D eigenvalue weighted by molar-refractivity contribution is -0.122. The highest BCUT2D eigenvalue weighted by molar-refractivity contribution is 5.80. The molecule has 2 aromatic rings. The van der Waals surface area contributed by atoms with Gasteiger partial charge in [0, 0.05) is 32.1 Å². The predicted molar refractivity (Wildman–Crippen MR) is 102 cm³/mol. The van der Waals surface area contributed by atoms with Gasteiger partial charge < -0.3 is 10.1 Å². The molecule has 0 bridgehead atoms. The molecule has 2 aromatic carbocycles. The Kier molecular flexibility index (Phi) is 4.93. The second-order valence-corrected chi connectivity index (χ2v) is 7.37. The molecular weight excluding hydrogens is 324 g/mol. The fraction of sp³-hybridized carbons (Fsp3) is 0.409. The zero-order chi connectivity index (χ0) is 17.9. The Labute approximate surface area is 155 Å². The molecule has 1 N–H and O–H groups in total. The van der Waals surface area contributed by atoms with Gasteiger partial charge in [0.15, 0.2) is 0 Å². The van der Waals surface area contributed by atoms with Crippen LogP contribution in [-0.2, 0) is 30.8 Å². The van der Waals surface area contributed by atoms with E-state index in [9.17, 15) is 4.79 Å². The Balaban J connectivity index is 1.33. The third-order valence-corrected chi connectivity index (χ3v) is 5.37. The van der Waals surface area contributed by atoms with Crippen molar-refractivity contribution >= 4 is 5.91 Å². The van der Waals surface area contributed by atoms with Crippen molar-refractivity contribution in [2.45, 2.75) is 38.9 Å². The van der Waals surface area contributed by atoms with Crippen LogP contribution in [0.2, 0.25) is 0 Å². The van der Waals surface area contributed by atoms with Crippen molar-refractivity contribution in [1.82, 2.24) is 10.2 Å². The maximum atomic E-state index is 11.7. The number of hydrogen-bond donors (Lipinski definition) is 1. The second kappa shape index (κ2) is 7.50. The molecule has 0 spiro atoms. The van der Waals surface area contributed by atoms with Crippen molar-refractivity contribution < 1.29 is 9.53 Å². The number of ether oxygens (including phenoxy) is 1. The van der Waals surface area contributed by atoms with Gasteiger partial charge in [-0.25, -0.2) is 0 Å². The SMILES string of the molecule is COc1cccc2c1CCN(Cc1ccc(CNC(=O)C3CC3)cc1)C2. The summed E-state index contributed by atoms with van der Waals surface area (Å²) in [6.07, 6.45) is 3.13. The first-order chi connectivity index (χ1) is 12.7. The normalized spacial score (nSPS) is 16.8. The van der Waals surface area contributed by atoms with Gasteiger partial charge in [-0.2, -0.15) is 0 Å². The maximum Gasteiger partial charge on any atom is 0.223 e. The van der Waals surface area contributed by atoms with Gasteiger partial charge in [0.05, 0.1) is 7.11 Å². The molecule has 0 atom stereocenters. The van der Waals surface area contributed by atoms with Gasteiger partial charge in [-0.1, -0.05) is 36.4 Å². The fourth-order valence-electron chi connectivity index (χ4n) is 3.66. The first-order valence-corrected chi connectivity index (χ1v) is 9.45. The Morgan fingerprint density at radius 3 is 2.65 bits per heavy atom. The summed E-state index contributed by atoms with van der Waals surface area (Å²) >= 11 is 0. The van der Waals surface area contributed by atoms with Crippen molar-refractivity contribution in [3.63, 3.8) is 0 Å². The number of hydrogen-bond acceptors (Lipinski definition) is 3. The minimum absolute atomic E-state index is 0.205. The Bertz CT molecular complexity index is 781. The van der Waals surface area contributed by atoms with E-state index in [-0.39, 0.29) is 11.8 Å². The van der Waals surface area contributed by atoms with Crippen molar-refractivity contribution in [2.24, 2.45) is 5.92 Å². The lowest BCUT2D eigenvalue weighted by Crippen LogP contribution is -2.30. The lowest BCUT2D eigenvalue weighted by atomic mass is 9.98. The van der Waals surface area contributed by atoms with E-state index in [0.29, 0.717) is 6.54 Å². The predicted octanol–water partition coefficient (Wildman–Crippen LogP) is 3.28. The fourth-order valence-corrected chi connectivity index (χ4v) is 3.66. The first kappa shape index (κ1) is 17.1. The van der Waals surface area contributed by atoms with Crippen LogP contribution in [0.4, 0.5) is 0 Å². The highest BCUT2D eigenvalue weighted by atomic mass is 16.5. The van der Waals surface area contributed by atoms with E-state index < -0.39 is 0 Å². The summed E-state index contributed by atoms with van der Waals surface area (Å²) in [6.45, 7) is 3.59. The Hall–Kier alpha value is -2.33. The van der Waals surface area contributed by atoms with E-state index >= 15 is 0 Å². The number of rotatable bonds is 6. The number of nitrogens with zero attached hydrogens (tertiary/aromatic N) is 1. The van der Waals surface area contributed by atoms with Crippen LogP contribution in [0.5, 0.6) is 5.75 Å². The van der Waals surface area contributed by atoms with E-state index in [1.54, 1.807) is 7.11 Å². The number of carbonyl (C=O) groups is 1. The molecule has 136 valence electrons. The van der Waals surface area contributed by atoms with Crippen LogP contribution in [0.25, 0.3) is 0 Å². The average molecular weight is 350 g/mol. The summed E-state index contributed by atoms with van der Waals surface area (Å²) in [7, 11) is 1.75. The molecule has 1 fully saturated rings. The summed E-state index contributed by atoms with van der Waals surface area (Å²) in [4.78, 5) is 14.2. The topological polar surface area (TPSA) is 41.6 Å². The highest BCUT2D eigenvalue weighted by Crippen LogP contribution is 2.29. The molecule has 4 rings (SSSR count). The van der Waals surface area contributed by atoms with Gasteiger partial charge in [-0.15, -0.1) is 0 Å². The van der Waals surface area contributed by atoms with Crippen LogP contribution in [0, 0.1) is 5.92 Å². The van der Waals surface area contributed by atoms with E-state index in [1.807, 2.05) is 0 Å². The zero-order valence-electron chi connectivity index (χ0n) is 15.3. The van der Waals surface area contributed by atoms with Crippen LogP contribution < -0.4 is 10.1 Å². The third-order valence-electron chi connectivity index (χ3n) is 5.37. The van der Waals surface area contributed by atoms with Crippen LogP contribution >= 0.6 is 0 Å². The number of carbonyl (C=O) groups excluding carboxylic acids is 1. The van der Waals surface area contributed by atoms with Gasteiger partial charge in [0.25, 0.3) is 0 Å². The highest BCUT2D eigenvalue weighted by Gasteiger charge is 2.29. The molecule has 26 heavy (non-hydrogen) atoms. The van der Waals surface area contributed by atoms with Gasteiger partial charge in [-0.05, 0) is 47.6 Å². The minimum Gasteiger partial charge on any atom is -0.496 e. The largest absolute Gasteiger partial charge is 0.496 e. The number of fused-ring (bicyclic) bond motifs is 1. The zero-order valence-corrected chi connectivity index (χ0v) is 15.3. The standard InChI is InChI=1S/C22H26N2O2/c1-26-21-4-2-3-19-15-24(12-11-20(19)21)14-17-7-5-16(6-8-17)13-23-22(25)18-9-10-18/h2-8,18H,9-15H2,1H3,(H,23,25). The number of methoxy groups -OCH3 is 1. The van der Waals surface area contributed by atoms with E-state index in [0.717, 1.165) is 50.2 Å². The lowest BCUT2D eigenvalue weighted by Gasteiger charge is -2.29. The Morgan fingerprint density at radius 2 is 1.92 bits per heavy atom.